The van der Waals surface area contributed by atoms with E-state index in [1.165, 1.54) is 43.2 Å². The van der Waals surface area contributed by atoms with Gasteiger partial charge in [0, 0.05) is 30.8 Å². The van der Waals surface area contributed by atoms with Crippen molar-refractivity contribution in [2.75, 3.05) is 19.7 Å². The largest absolute Gasteiger partial charge is 0.371 e. The number of hydrogen-bond donors (Lipinski definition) is 1. The molecular weight excluding hydrogens is 424 g/mol. The van der Waals surface area contributed by atoms with Crippen LogP contribution in [0.2, 0.25) is 0 Å². The van der Waals surface area contributed by atoms with Crippen molar-refractivity contribution >= 4 is 11.8 Å². The third kappa shape index (κ3) is 4.68. The molecular formula is C29H40N2O3. The highest BCUT2D eigenvalue weighted by molar-refractivity contribution is 5.81. The van der Waals surface area contributed by atoms with Gasteiger partial charge in [-0.25, -0.2) is 0 Å². The minimum atomic E-state index is -0.179. The number of fused-ring (bicyclic) bond motifs is 2. The van der Waals surface area contributed by atoms with E-state index in [1.54, 1.807) is 6.08 Å². The van der Waals surface area contributed by atoms with Crippen LogP contribution in [0.1, 0.15) is 87.8 Å². The van der Waals surface area contributed by atoms with E-state index in [0.29, 0.717) is 18.9 Å². The first-order chi connectivity index (χ1) is 16.6. The topological polar surface area (TPSA) is 58.6 Å². The lowest BCUT2D eigenvalue weighted by atomic mass is 9.71. The Bertz CT molecular complexity index is 894. The van der Waals surface area contributed by atoms with Crippen LogP contribution in [0.15, 0.2) is 36.9 Å². The lowest BCUT2D eigenvalue weighted by Gasteiger charge is -2.44. The summed E-state index contributed by atoms with van der Waals surface area (Å²) in [5, 5.41) is 3.34. The van der Waals surface area contributed by atoms with E-state index < -0.39 is 0 Å². The first kappa shape index (κ1) is 23.6. The molecule has 0 radical (unpaired) electrons. The van der Waals surface area contributed by atoms with E-state index in [1.807, 2.05) is 0 Å². The Morgan fingerprint density at radius 3 is 2.53 bits per heavy atom. The van der Waals surface area contributed by atoms with Gasteiger partial charge >= 0.3 is 0 Å². The van der Waals surface area contributed by atoms with Crippen molar-refractivity contribution in [2.45, 2.75) is 88.2 Å². The van der Waals surface area contributed by atoms with Crippen LogP contribution >= 0.6 is 0 Å². The van der Waals surface area contributed by atoms with E-state index in [0.717, 1.165) is 51.1 Å². The van der Waals surface area contributed by atoms with Gasteiger partial charge in [-0.2, -0.15) is 0 Å². The Kier molecular flexibility index (Phi) is 7.10. The average molecular weight is 465 g/mol. The highest BCUT2D eigenvalue weighted by Crippen LogP contribution is 2.52. The number of nitrogens with zero attached hydrogens (tertiary/aromatic N) is 1. The molecule has 184 valence electrons. The van der Waals surface area contributed by atoms with Crippen LogP contribution in [-0.2, 0) is 19.7 Å². The van der Waals surface area contributed by atoms with Gasteiger partial charge < -0.3 is 15.0 Å². The fourth-order valence-electron chi connectivity index (χ4n) is 6.73. The van der Waals surface area contributed by atoms with Crippen LogP contribution in [0.5, 0.6) is 0 Å². The molecule has 2 atom stereocenters. The number of carbonyl (C=O) groups excluding carboxylic acids is 2. The summed E-state index contributed by atoms with van der Waals surface area (Å²) < 4.78 is 6.43. The molecule has 4 aliphatic rings. The number of likely N-dealkylation sites (tertiary alicyclic amines) is 1. The van der Waals surface area contributed by atoms with E-state index in [9.17, 15) is 9.59 Å². The molecule has 5 rings (SSSR count). The summed E-state index contributed by atoms with van der Waals surface area (Å²) in [6.07, 6.45) is 13.7. The normalized spacial score (nSPS) is 26.3. The fraction of sp³-hybridized carbons (Fsp3) is 0.655. The number of carbonyl (C=O) groups is 2. The van der Waals surface area contributed by atoms with Gasteiger partial charge in [0.2, 0.25) is 11.8 Å². The molecule has 5 nitrogen and oxygen atoms in total. The smallest absolute Gasteiger partial charge is 0.223 e. The Labute approximate surface area is 204 Å². The van der Waals surface area contributed by atoms with Crippen molar-refractivity contribution in [3.8, 4) is 0 Å². The molecule has 3 fully saturated rings. The summed E-state index contributed by atoms with van der Waals surface area (Å²) in [5.41, 5.74) is 2.29. The SMILES string of the molecule is C=CCO[C@H]1[C@H](NC(=O)C2CC2)c2ccccc2C12CCN(C(=O)CCC1CCCCC1)CC2. The summed E-state index contributed by atoms with van der Waals surface area (Å²) >= 11 is 0. The number of amides is 2. The molecule has 34 heavy (non-hydrogen) atoms. The molecule has 0 aromatic heterocycles. The second kappa shape index (κ2) is 10.2. The predicted molar refractivity (Wildman–Crippen MR) is 133 cm³/mol. The summed E-state index contributed by atoms with van der Waals surface area (Å²) in [5.74, 6) is 1.36. The molecule has 0 unspecified atom stereocenters. The first-order valence-corrected chi connectivity index (χ1v) is 13.5. The molecule has 3 aliphatic carbocycles. The van der Waals surface area contributed by atoms with E-state index in [4.69, 9.17) is 4.74 Å². The molecule has 1 N–H and O–H groups in total. The molecule has 1 aromatic rings. The van der Waals surface area contributed by atoms with Crippen molar-refractivity contribution in [3.05, 3.63) is 48.0 Å². The minimum Gasteiger partial charge on any atom is -0.371 e. The molecule has 0 bridgehead atoms. The van der Waals surface area contributed by atoms with Gasteiger partial charge in [-0.1, -0.05) is 62.4 Å². The van der Waals surface area contributed by atoms with E-state index in [2.05, 4.69) is 41.1 Å². The summed E-state index contributed by atoms with van der Waals surface area (Å²) in [6, 6.07) is 8.37. The Hall–Kier alpha value is -2.14. The van der Waals surface area contributed by atoms with Crippen molar-refractivity contribution in [1.29, 1.82) is 0 Å². The monoisotopic (exact) mass is 464 g/mol. The standard InChI is InChI=1S/C29H40N2O3/c1-2-20-34-27-26(30-28(33)22-13-14-22)23-10-6-7-11-24(23)29(27)16-18-31(19-17-29)25(32)15-12-21-8-4-3-5-9-21/h2,6-7,10-11,21-22,26-27H,1,3-5,8-9,12-20H2,(H,30,33)/t26-,27+/m1/s1. The van der Waals surface area contributed by atoms with Crippen LogP contribution in [0.25, 0.3) is 0 Å². The number of nitrogens with one attached hydrogen (secondary N) is 1. The van der Waals surface area contributed by atoms with Crippen molar-refractivity contribution < 1.29 is 14.3 Å². The van der Waals surface area contributed by atoms with Crippen LogP contribution in [0, 0.1) is 11.8 Å². The number of hydrogen-bond acceptors (Lipinski definition) is 3. The lowest BCUT2D eigenvalue weighted by Crippen LogP contribution is -2.52. The number of rotatable bonds is 8. The highest BCUT2D eigenvalue weighted by atomic mass is 16.5. The zero-order valence-electron chi connectivity index (χ0n) is 20.5. The summed E-state index contributed by atoms with van der Waals surface area (Å²) in [6.45, 7) is 5.83. The van der Waals surface area contributed by atoms with Crippen molar-refractivity contribution in [2.24, 2.45) is 11.8 Å². The highest BCUT2D eigenvalue weighted by Gasteiger charge is 2.55. The minimum absolute atomic E-state index is 0.134. The van der Waals surface area contributed by atoms with Gasteiger partial charge in [0.15, 0.2) is 0 Å². The van der Waals surface area contributed by atoms with Gasteiger partial charge in [-0.15, -0.1) is 6.58 Å². The van der Waals surface area contributed by atoms with Crippen LogP contribution < -0.4 is 5.32 Å². The third-order valence-corrected chi connectivity index (χ3v) is 8.82. The van der Waals surface area contributed by atoms with Crippen molar-refractivity contribution in [3.63, 3.8) is 0 Å². The maximum Gasteiger partial charge on any atom is 0.223 e. The summed E-state index contributed by atoms with van der Waals surface area (Å²) in [7, 11) is 0. The molecule has 2 saturated carbocycles. The number of ether oxygens (including phenoxy) is 1. The molecule has 1 saturated heterocycles. The fourth-order valence-corrected chi connectivity index (χ4v) is 6.73. The van der Waals surface area contributed by atoms with Gasteiger partial charge in [0.05, 0.1) is 18.8 Å². The van der Waals surface area contributed by atoms with Crippen LogP contribution in [0.4, 0.5) is 0 Å². The molecule has 1 spiro atoms. The zero-order valence-corrected chi connectivity index (χ0v) is 20.5. The first-order valence-electron chi connectivity index (χ1n) is 13.5. The Morgan fingerprint density at radius 2 is 1.82 bits per heavy atom. The Morgan fingerprint density at radius 1 is 1.09 bits per heavy atom. The molecule has 5 heteroatoms. The maximum atomic E-state index is 13.1. The van der Waals surface area contributed by atoms with Gasteiger partial charge in [0.1, 0.15) is 0 Å². The lowest BCUT2D eigenvalue weighted by molar-refractivity contribution is -0.134. The third-order valence-electron chi connectivity index (χ3n) is 8.82. The molecule has 1 aliphatic heterocycles. The van der Waals surface area contributed by atoms with Gasteiger partial charge in [-0.05, 0) is 49.1 Å². The number of benzene rings is 1. The van der Waals surface area contributed by atoms with Crippen LogP contribution in [-0.4, -0.2) is 42.5 Å². The van der Waals surface area contributed by atoms with E-state index in [-0.39, 0.29) is 29.4 Å². The summed E-state index contributed by atoms with van der Waals surface area (Å²) in [4.78, 5) is 27.9. The van der Waals surface area contributed by atoms with Crippen molar-refractivity contribution in [1.82, 2.24) is 10.2 Å². The predicted octanol–water partition coefficient (Wildman–Crippen LogP) is 5.06. The number of piperidine rings is 1. The van der Waals surface area contributed by atoms with E-state index >= 15 is 0 Å². The zero-order chi connectivity index (χ0) is 23.5. The van der Waals surface area contributed by atoms with Gasteiger partial charge in [0.25, 0.3) is 0 Å². The second-order valence-electron chi connectivity index (χ2n) is 11.0. The second-order valence-corrected chi connectivity index (χ2v) is 11.0. The molecule has 1 heterocycles. The van der Waals surface area contributed by atoms with Crippen LogP contribution in [0.3, 0.4) is 0 Å². The Balaban J connectivity index is 1.30. The molecule has 2 amide bonds. The maximum absolute atomic E-state index is 13.1. The molecule has 1 aromatic carbocycles. The quantitative estimate of drug-likeness (QED) is 0.547. The van der Waals surface area contributed by atoms with Gasteiger partial charge in [-0.3, -0.25) is 9.59 Å². The average Bonchev–Trinajstić information content (AvgIpc) is 3.70.